The van der Waals surface area contributed by atoms with Crippen LogP contribution < -0.4 is 10.4 Å². The summed E-state index contributed by atoms with van der Waals surface area (Å²) in [7, 11) is 3.34. The lowest BCUT2D eigenvalue weighted by molar-refractivity contribution is 0.116. The quantitative estimate of drug-likeness (QED) is 0.362. The Kier molecular flexibility index (Phi) is 9.04. The van der Waals surface area contributed by atoms with E-state index in [0.717, 1.165) is 38.5 Å². The molecule has 0 bridgehead atoms. The first kappa shape index (κ1) is 24.8. The highest BCUT2D eigenvalue weighted by Gasteiger charge is 2.10. The van der Waals surface area contributed by atoms with Crippen molar-refractivity contribution >= 4 is 17.1 Å². The third kappa shape index (κ3) is 7.07. The van der Waals surface area contributed by atoms with Gasteiger partial charge in [0.1, 0.15) is 0 Å². The average molecular weight is 464 g/mol. The molecule has 0 aliphatic rings. The van der Waals surface area contributed by atoms with Crippen molar-refractivity contribution in [2.45, 2.75) is 38.5 Å². The number of pyridine rings is 1. The van der Waals surface area contributed by atoms with Crippen LogP contribution in [-0.2, 0) is 4.74 Å². The summed E-state index contributed by atoms with van der Waals surface area (Å²) >= 11 is 0. The number of carbonyl (C=O) groups excluding carboxylic acids is 1. The molecule has 0 aliphatic heterocycles. The van der Waals surface area contributed by atoms with E-state index in [1.807, 2.05) is 0 Å². The summed E-state index contributed by atoms with van der Waals surface area (Å²) in [5.41, 5.74) is 1.40. The van der Waals surface area contributed by atoms with Crippen molar-refractivity contribution in [3.63, 3.8) is 0 Å². The van der Waals surface area contributed by atoms with Gasteiger partial charge in [-0.2, -0.15) is 5.26 Å². The van der Waals surface area contributed by atoms with Crippen molar-refractivity contribution < 1.29 is 18.7 Å². The number of nitriles is 1. The van der Waals surface area contributed by atoms with Crippen LogP contribution in [0.3, 0.4) is 0 Å². The number of amides is 1. The van der Waals surface area contributed by atoms with E-state index in [1.54, 1.807) is 50.5 Å². The van der Waals surface area contributed by atoms with Crippen LogP contribution in [0.25, 0.3) is 22.1 Å². The van der Waals surface area contributed by atoms with E-state index in [0.29, 0.717) is 46.8 Å². The molecule has 3 rings (SSSR count). The minimum atomic E-state index is -0.478. The van der Waals surface area contributed by atoms with E-state index in [4.69, 9.17) is 19.2 Å². The summed E-state index contributed by atoms with van der Waals surface area (Å²) in [5, 5.41) is 9.82. The van der Waals surface area contributed by atoms with E-state index in [1.165, 1.54) is 11.1 Å². The SMILES string of the molecule is CN(C)C(=O)OCCCCCCCCOc1cc2cc(-c3cccc(C#N)c3)c(=O)oc2cn1. The lowest BCUT2D eigenvalue weighted by Crippen LogP contribution is -2.23. The predicted molar refractivity (Wildman–Crippen MR) is 129 cm³/mol. The van der Waals surface area contributed by atoms with Crippen LogP contribution >= 0.6 is 0 Å². The molecule has 1 amide bonds. The van der Waals surface area contributed by atoms with Gasteiger partial charge in [-0.15, -0.1) is 0 Å². The van der Waals surface area contributed by atoms with Gasteiger partial charge in [0.15, 0.2) is 5.58 Å². The minimum Gasteiger partial charge on any atom is -0.478 e. The molecule has 0 saturated carbocycles. The molecular weight excluding hydrogens is 434 g/mol. The predicted octanol–water partition coefficient (Wildman–Crippen LogP) is 5.14. The van der Waals surface area contributed by atoms with E-state index >= 15 is 0 Å². The van der Waals surface area contributed by atoms with Crippen LogP contribution in [0.4, 0.5) is 4.79 Å². The molecule has 2 heterocycles. The number of unbranched alkanes of at least 4 members (excludes halogenated alkanes) is 5. The highest BCUT2D eigenvalue weighted by atomic mass is 16.6. The van der Waals surface area contributed by atoms with Crippen LogP contribution in [0.15, 0.2) is 51.8 Å². The fourth-order valence-electron chi connectivity index (χ4n) is 3.42. The second kappa shape index (κ2) is 12.4. The number of hydrogen-bond acceptors (Lipinski definition) is 7. The highest BCUT2D eigenvalue weighted by molar-refractivity contribution is 5.82. The number of aromatic nitrogens is 1. The van der Waals surface area contributed by atoms with Gasteiger partial charge in [-0.1, -0.05) is 37.8 Å². The maximum Gasteiger partial charge on any atom is 0.409 e. The van der Waals surface area contributed by atoms with E-state index in [-0.39, 0.29) is 6.09 Å². The molecule has 178 valence electrons. The molecule has 0 unspecified atom stereocenters. The summed E-state index contributed by atoms with van der Waals surface area (Å²) in [6.45, 7) is 1.01. The summed E-state index contributed by atoms with van der Waals surface area (Å²) in [5.74, 6) is 0.473. The molecule has 0 spiro atoms. The first-order valence-electron chi connectivity index (χ1n) is 11.4. The summed E-state index contributed by atoms with van der Waals surface area (Å²) in [4.78, 5) is 29.4. The fraction of sp³-hybridized carbons (Fsp3) is 0.385. The van der Waals surface area contributed by atoms with Gasteiger partial charge in [-0.3, -0.25) is 0 Å². The van der Waals surface area contributed by atoms with Crippen molar-refractivity contribution in [2.75, 3.05) is 27.3 Å². The van der Waals surface area contributed by atoms with Crippen molar-refractivity contribution in [1.82, 2.24) is 9.88 Å². The molecule has 34 heavy (non-hydrogen) atoms. The first-order chi connectivity index (χ1) is 16.5. The van der Waals surface area contributed by atoms with Crippen LogP contribution in [-0.4, -0.2) is 43.3 Å². The van der Waals surface area contributed by atoms with Crippen LogP contribution in [0.1, 0.15) is 44.1 Å². The topological polar surface area (TPSA) is 106 Å². The number of carbonyl (C=O) groups is 1. The van der Waals surface area contributed by atoms with E-state index < -0.39 is 5.63 Å². The van der Waals surface area contributed by atoms with Gasteiger partial charge in [0, 0.05) is 25.5 Å². The van der Waals surface area contributed by atoms with E-state index in [2.05, 4.69) is 11.1 Å². The van der Waals surface area contributed by atoms with Gasteiger partial charge in [-0.25, -0.2) is 14.6 Å². The minimum absolute atomic E-state index is 0.300. The molecule has 3 aromatic rings. The largest absolute Gasteiger partial charge is 0.478 e. The van der Waals surface area contributed by atoms with Gasteiger partial charge >= 0.3 is 11.7 Å². The van der Waals surface area contributed by atoms with Crippen LogP contribution in [0.5, 0.6) is 5.88 Å². The molecule has 0 N–H and O–H groups in total. The van der Waals surface area contributed by atoms with Gasteiger partial charge in [-0.05, 0) is 36.6 Å². The van der Waals surface area contributed by atoms with Crippen molar-refractivity contribution in [2.24, 2.45) is 0 Å². The molecule has 0 fully saturated rings. The molecule has 0 radical (unpaired) electrons. The third-order valence-corrected chi connectivity index (χ3v) is 5.28. The Morgan fingerprint density at radius 2 is 1.79 bits per heavy atom. The third-order valence-electron chi connectivity index (χ3n) is 5.28. The van der Waals surface area contributed by atoms with Crippen LogP contribution in [0.2, 0.25) is 0 Å². The molecule has 0 saturated heterocycles. The second-order valence-electron chi connectivity index (χ2n) is 8.18. The zero-order valence-corrected chi connectivity index (χ0v) is 19.6. The number of fused-ring (bicyclic) bond motifs is 1. The summed E-state index contributed by atoms with van der Waals surface area (Å²) in [6, 6.07) is 12.4. The zero-order valence-electron chi connectivity index (χ0n) is 19.6. The van der Waals surface area contributed by atoms with Gasteiger partial charge in [0.25, 0.3) is 0 Å². The molecule has 2 aromatic heterocycles. The van der Waals surface area contributed by atoms with Gasteiger partial charge in [0.05, 0.1) is 36.6 Å². The maximum atomic E-state index is 12.4. The summed E-state index contributed by atoms with van der Waals surface area (Å²) < 4.78 is 16.3. The monoisotopic (exact) mass is 463 g/mol. The second-order valence-corrected chi connectivity index (χ2v) is 8.18. The Hall–Kier alpha value is -3.86. The van der Waals surface area contributed by atoms with Crippen LogP contribution in [0, 0.1) is 11.3 Å². The lowest BCUT2D eigenvalue weighted by Gasteiger charge is -2.10. The fourth-order valence-corrected chi connectivity index (χ4v) is 3.42. The Bertz CT molecular complexity index is 1210. The summed E-state index contributed by atoms with van der Waals surface area (Å²) in [6.07, 6.45) is 7.21. The standard InChI is InChI=1S/C26H29N3O5/c1-29(2)26(31)33-13-8-6-4-3-5-7-12-32-24-16-21-15-22(25(30)34-23(21)18-28-24)20-11-9-10-19(14-20)17-27/h9-11,14-16,18H,3-8,12-13H2,1-2H3. The average Bonchev–Trinajstić information content (AvgIpc) is 2.84. The van der Waals surface area contributed by atoms with Crippen molar-refractivity contribution in [3.05, 3.63) is 58.6 Å². The Balaban J connectivity index is 1.45. The van der Waals surface area contributed by atoms with E-state index in [9.17, 15) is 9.59 Å². The highest BCUT2D eigenvalue weighted by Crippen LogP contribution is 2.24. The Morgan fingerprint density at radius 1 is 1.06 bits per heavy atom. The zero-order chi connectivity index (χ0) is 24.3. The molecule has 0 aliphatic carbocycles. The number of hydrogen-bond donors (Lipinski definition) is 0. The Morgan fingerprint density at radius 3 is 2.53 bits per heavy atom. The molecule has 8 heteroatoms. The number of ether oxygens (including phenoxy) is 2. The number of benzene rings is 1. The molecule has 1 aromatic carbocycles. The Labute approximate surface area is 198 Å². The lowest BCUT2D eigenvalue weighted by atomic mass is 10.0. The maximum absolute atomic E-state index is 12.4. The molecular formula is C26H29N3O5. The normalized spacial score (nSPS) is 10.6. The van der Waals surface area contributed by atoms with Gasteiger partial charge < -0.3 is 18.8 Å². The van der Waals surface area contributed by atoms with Gasteiger partial charge in [0.2, 0.25) is 5.88 Å². The van der Waals surface area contributed by atoms with Crippen molar-refractivity contribution in [1.29, 1.82) is 5.26 Å². The number of rotatable bonds is 11. The number of nitrogens with zero attached hydrogens (tertiary/aromatic N) is 3. The first-order valence-corrected chi connectivity index (χ1v) is 11.4. The van der Waals surface area contributed by atoms with Crippen molar-refractivity contribution in [3.8, 4) is 23.1 Å². The molecule has 8 nitrogen and oxygen atoms in total. The molecule has 0 atom stereocenters. The smallest absolute Gasteiger partial charge is 0.409 e.